The molecule has 3 rings (SSSR count). The van der Waals surface area contributed by atoms with Crippen molar-refractivity contribution in [3.8, 4) is 0 Å². The van der Waals surface area contributed by atoms with E-state index >= 15 is 0 Å². The second kappa shape index (κ2) is 6.78. The summed E-state index contributed by atoms with van der Waals surface area (Å²) in [7, 11) is 1.32. The third-order valence-corrected chi connectivity index (χ3v) is 4.21. The Hall–Kier alpha value is -2.42. The van der Waals surface area contributed by atoms with Crippen LogP contribution >= 0.6 is 11.8 Å². The molecule has 23 heavy (non-hydrogen) atoms. The molecule has 120 valence electrons. The van der Waals surface area contributed by atoms with E-state index in [1.54, 1.807) is 28.9 Å². The first-order valence-corrected chi connectivity index (χ1v) is 8.05. The highest BCUT2D eigenvalue weighted by Crippen LogP contribution is 2.36. The number of anilines is 1. The third kappa shape index (κ3) is 3.86. The highest BCUT2D eigenvalue weighted by atomic mass is 32.2. The Kier molecular flexibility index (Phi) is 4.56. The van der Waals surface area contributed by atoms with Crippen LogP contribution in [0.5, 0.6) is 0 Å². The third-order valence-electron chi connectivity index (χ3n) is 3.28. The van der Waals surface area contributed by atoms with E-state index in [-0.39, 0.29) is 11.7 Å². The minimum atomic E-state index is -0.412. The molecule has 0 radical (unpaired) electrons. The zero-order chi connectivity index (χ0) is 16.2. The number of tetrazole rings is 1. The number of nitrogens with zero attached hydrogens (tertiary/aromatic N) is 4. The summed E-state index contributed by atoms with van der Waals surface area (Å²) in [5.41, 5.74) is 1.05. The quantitative estimate of drug-likeness (QED) is 0.632. The fourth-order valence-electron chi connectivity index (χ4n) is 1.96. The van der Waals surface area contributed by atoms with E-state index in [9.17, 15) is 9.59 Å². The van der Waals surface area contributed by atoms with Crippen LogP contribution in [0.4, 0.5) is 5.69 Å². The number of amides is 1. The van der Waals surface area contributed by atoms with Crippen molar-refractivity contribution in [2.24, 2.45) is 0 Å². The first-order chi connectivity index (χ1) is 11.2. The molecule has 1 saturated carbocycles. The molecule has 1 aliphatic rings. The van der Waals surface area contributed by atoms with Crippen LogP contribution in [0, 0.1) is 0 Å². The number of rotatable bonds is 6. The van der Waals surface area contributed by atoms with Gasteiger partial charge in [0.05, 0.1) is 24.5 Å². The Morgan fingerprint density at radius 1 is 1.35 bits per heavy atom. The van der Waals surface area contributed by atoms with Crippen molar-refractivity contribution in [1.29, 1.82) is 0 Å². The Bertz CT molecular complexity index is 711. The van der Waals surface area contributed by atoms with Crippen LogP contribution in [0.15, 0.2) is 29.4 Å². The van der Waals surface area contributed by atoms with E-state index in [1.807, 2.05) is 0 Å². The maximum absolute atomic E-state index is 12.0. The molecule has 0 atom stereocenters. The SMILES string of the molecule is COC(=O)c1ccc(NC(=O)CSc2nnnn2C2CC2)cc1. The van der Waals surface area contributed by atoms with Gasteiger partial charge >= 0.3 is 5.97 Å². The van der Waals surface area contributed by atoms with Crippen molar-refractivity contribution < 1.29 is 14.3 Å². The Labute approximate surface area is 136 Å². The lowest BCUT2D eigenvalue weighted by Crippen LogP contribution is -2.15. The smallest absolute Gasteiger partial charge is 0.337 e. The molecular weight excluding hydrogens is 318 g/mol. The van der Waals surface area contributed by atoms with Crippen LogP contribution in [-0.2, 0) is 9.53 Å². The number of methoxy groups -OCH3 is 1. The predicted molar refractivity (Wildman–Crippen MR) is 83.2 cm³/mol. The zero-order valence-electron chi connectivity index (χ0n) is 12.4. The maximum atomic E-state index is 12.0. The molecule has 1 heterocycles. The Morgan fingerprint density at radius 3 is 2.74 bits per heavy atom. The number of benzene rings is 1. The van der Waals surface area contributed by atoms with Crippen molar-refractivity contribution >= 4 is 29.3 Å². The highest BCUT2D eigenvalue weighted by Gasteiger charge is 2.28. The van der Waals surface area contributed by atoms with Gasteiger partial charge < -0.3 is 10.1 Å². The molecular formula is C14H15N5O3S. The molecule has 1 aromatic heterocycles. The van der Waals surface area contributed by atoms with E-state index in [2.05, 4.69) is 25.6 Å². The molecule has 1 amide bonds. The van der Waals surface area contributed by atoms with Crippen molar-refractivity contribution in [2.75, 3.05) is 18.2 Å². The van der Waals surface area contributed by atoms with Crippen molar-refractivity contribution in [2.45, 2.75) is 24.0 Å². The standard InChI is InChI=1S/C14H15N5O3S/c1-22-13(21)9-2-4-10(5-3-9)15-12(20)8-23-14-16-17-18-19(14)11-6-7-11/h2-5,11H,6-8H2,1H3,(H,15,20). The van der Waals surface area contributed by atoms with Gasteiger partial charge in [0.25, 0.3) is 0 Å². The van der Waals surface area contributed by atoms with Gasteiger partial charge in [0.2, 0.25) is 11.1 Å². The lowest BCUT2D eigenvalue weighted by atomic mass is 10.2. The number of thioether (sulfide) groups is 1. The summed E-state index contributed by atoms with van der Waals surface area (Å²) >= 11 is 1.30. The lowest BCUT2D eigenvalue weighted by Gasteiger charge is -2.06. The summed E-state index contributed by atoms with van der Waals surface area (Å²) in [5.74, 6) is -0.359. The monoisotopic (exact) mass is 333 g/mol. The minimum Gasteiger partial charge on any atom is -0.465 e. The Balaban J connectivity index is 1.52. The first kappa shape index (κ1) is 15.5. The summed E-state index contributed by atoms with van der Waals surface area (Å²) in [6.45, 7) is 0. The van der Waals surface area contributed by atoms with Gasteiger partial charge in [-0.15, -0.1) is 5.10 Å². The van der Waals surface area contributed by atoms with Gasteiger partial charge in [-0.05, 0) is 47.5 Å². The molecule has 2 aromatic rings. The lowest BCUT2D eigenvalue weighted by molar-refractivity contribution is -0.113. The normalized spacial score (nSPS) is 13.6. The summed E-state index contributed by atoms with van der Waals surface area (Å²) in [4.78, 5) is 23.3. The largest absolute Gasteiger partial charge is 0.465 e. The van der Waals surface area contributed by atoms with Crippen molar-refractivity contribution in [1.82, 2.24) is 20.2 Å². The number of nitrogens with one attached hydrogen (secondary N) is 1. The van der Waals surface area contributed by atoms with Gasteiger partial charge in [-0.2, -0.15) is 0 Å². The fraction of sp³-hybridized carbons (Fsp3) is 0.357. The number of carbonyl (C=O) groups excluding carboxylic acids is 2. The number of hydrogen-bond acceptors (Lipinski definition) is 7. The van der Waals surface area contributed by atoms with Crippen LogP contribution in [0.2, 0.25) is 0 Å². The van der Waals surface area contributed by atoms with Crippen molar-refractivity contribution in [3.63, 3.8) is 0 Å². The molecule has 1 aromatic carbocycles. The van der Waals surface area contributed by atoms with E-state index in [1.165, 1.54) is 18.9 Å². The molecule has 0 saturated heterocycles. The van der Waals surface area contributed by atoms with Gasteiger partial charge in [0, 0.05) is 5.69 Å². The van der Waals surface area contributed by atoms with E-state index in [4.69, 9.17) is 0 Å². The first-order valence-electron chi connectivity index (χ1n) is 7.06. The number of ether oxygens (including phenoxy) is 1. The highest BCUT2D eigenvalue weighted by molar-refractivity contribution is 7.99. The summed E-state index contributed by atoms with van der Waals surface area (Å²) in [5, 5.41) is 14.9. The van der Waals surface area contributed by atoms with Gasteiger partial charge in [0.1, 0.15) is 0 Å². The number of aromatic nitrogens is 4. The average molecular weight is 333 g/mol. The van der Waals surface area contributed by atoms with Gasteiger partial charge in [-0.1, -0.05) is 11.8 Å². The zero-order valence-corrected chi connectivity index (χ0v) is 13.2. The second-order valence-electron chi connectivity index (χ2n) is 5.04. The number of carbonyl (C=O) groups is 2. The maximum Gasteiger partial charge on any atom is 0.337 e. The van der Waals surface area contributed by atoms with Crippen LogP contribution in [-0.4, -0.2) is 44.9 Å². The van der Waals surface area contributed by atoms with Gasteiger partial charge in [0.15, 0.2) is 0 Å². The molecule has 1 aliphatic carbocycles. The number of esters is 1. The summed E-state index contributed by atoms with van der Waals surface area (Å²) in [6, 6.07) is 6.89. The molecule has 8 nitrogen and oxygen atoms in total. The second-order valence-corrected chi connectivity index (χ2v) is 5.99. The summed E-state index contributed by atoms with van der Waals surface area (Å²) < 4.78 is 6.39. The molecule has 0 bridgehead atoms. The molecule has 0 unspecified atom stereocenters. The molecule has 1 fully saturated rings. The topological polar surface area (TPSA) is 99.0 Å². The fourth-order valence-corrected chi connectivity index (χ4v) is 2.71. The number of hydrogen-bond donors (Lipinski definition) is 1. The van der Waals surface area contributed by atoms with E-state index in [0.717, 1.165) is 12.8 Å². The summed E-state index contributed by atoms with van der Waals surface area (Å²) in [6.07, 6.45) is 2.16. The molecule has 0 spiro atoms. The molecule has 1 N–H and O–H groups in total. The van der Waals surface area contributed by atoms with Crippen LogP contribution in [0.25, 0.3) is 0 Å². The average Bonchev–Trinajstić information content (AvgIpc) is 3.31. The van der Waals surface area contributed by atoms with E-state index in [0.29, 0.717) is 22.4 Å². The predicted octanol–water partition coefficient (Wildman–Crippen LogP) is 1.53. The van der Waals surface area contributed by atoms with Gasteiger partial charge in [-0.3, -0.25) is 4.79 Å². The van der Waals surface area contributed by atoms with Crippen LogP contribution < -0.4 is 5.32 Å². The molecule has 9 heteroatoms. The van der Waals surface area contributed by atoms with Gasteiger partial charge in [-0.25, -0.2) is 9.48 Å². The Morgan fingerprint density at radius 2 is 2.09 bits per heavy atom. The van der Waals surface area contributed by atoms with E-state index < -0.39 is 5.97 Å². The van der Waals surface area contributed by atoms with Crippen molar-refractivity contribution in [3.05, 3.63) is 29.8 Å². The van der Waals surface area contributed by atoms with Crippen LogP contribution in [0.1, 0.15) is 29.2 Å². The minimum absolute atomic E-state index is 0.161. The molecule has 0 aliphatic heterocycles. The van der Waals surface area contributed by atoms with Crippen LogP contribution in [0.3, 0.4) is 0 Å².